The number of aromatic nitrogens is 3. The number of fused-ring (bicyclic) bond motifs is 2. The minimum atomic E-state index is -1.45. The van der Waals surface area contributed by atoms with Gasteiger partial charge in [0.05, 0.1) is 70.6 Å². The van der Waals surface area contributed by atoms with Crippen molar-refractivity contribution < 1.29 is 85.5 Å². The maximum Gasteiger partial charge on any atom is 0.366 e. The van der Waals surface area contributed by atoms with Gasteiger partial charge in [0.15, 0.2) is 18.9 Å². The molecule has 16 atom stereocenters. The van der Waals surface area contributed by atoms with Gasteiger partial charge in [-0.05, 0) is 80.6 Å². The first-order valence-corrected chi connectivity index (χ1v) is 39.9. The molecule has 4 saturated heterocycles. The molecular weight excluding hydrogens is 1490 g/mol. The molecular formula is C94H89N3O18S. The molecule has 0 radical (unpaired) electrons. The summed E-state index contributed by atoms with van der Waals surface area (Å²) in [4.78, 5) is 37.2. The van der Waals surface area contributed by atoms with Crippen molar-refractivity contribution in [3.63, 3.8) is 0 Å². The summed E-state index contributed by atoms with van der Waals surface area (Å²) in [6.07, 6.45) is -16.0. The zero-order valence-electron chi connectivity index (χ0n) is 63.5. The lowest BCUT2D eigenvalue weighted by Gasteiger charge is -2.52. The number of hydrogen-bond acceptors (Lipinski definition) is 21. The molecule has 594 valence electrons. The fourth-order valence-electron chi connectivity index (χ4n) is 14.6. The maximum absolute atomic E-state index is 15.2. The van der Waals surface area contributed by atoms with Gasteiger partial charge in [-0.2, -0.15) is 0 Å². The van der Waals surface area contributed by atoms with E-state index in [1.165, 1.54) is 23.9 Å². The van der Waals surface area contributed by atoms with Crippen molar-refractivity contribution in [3.8, 4) is 0 Å². The molecule has 0 saturated carbocycles. The van der Waals surface area contributed by atoms with Gasteiger partial charge >= 0.3 is 11.9 Å². The Hall–Kier alpha value is -10.5. The number of rotatable bonds is 34. The Morgan fingerprint density at radius 1 is 0.371 bits per heavy atom. The topological polar surface area (TPSA) is 213 Å². The van der Waals surface area contributed by atoms with Crippen LogP contribution in [0.2, 0.25) is 0 Å². The van der Waals surface area contributed by atoms with Gasteiger partial charge in [0, 0.05) is 10.5 Å². The molecule has 5 heterocycles. The van der Waals surface area contributed by atoms with Gasteiger partial charge in [0.2, 0.25) is 0 Å². The van der Waals surface area contributed by atoms with Crippen molar-refractivity contribution in [2.24, 2.45) is 0 Å². The third-order valence-electron chi connectivity index (χ3n) is 20.5. The second-order valence-corrected chi connectivity index (χ2v) is 29.7. The van der Waals surface area contributed by atoms with Crippen molar-refractivity contribution >= 4 is 34.7 Å². The number of carbonyl (C=O) groups is 2. The van der Waals surface area contributed by atoms with Gasteiger partial charge in [0.1, 0.15) is 96.3 Å². The molecule has 0 unspecified atom stereocenters. The number of para-hydroxylation sites is 1. The number of hydrogen-bond donors (Lipinski definition) is 0. The number of esters is 1. The standard InChI is InChI=1S/C94H89N3O18S/c98-89(73-50-28-29-51-74(73)90(99)115-97-76-53-31-30-52-75(76)95-96-97)107-62-79-82(85(103-57-67-38-16-4-17-39-67)88(106-60-70-44-22-7-23-45-70)94(111-79)116-72-48-26-9-27-49-72)114-92-86(104-58-68-40-18-5-19-41-68)83(101-55-65-34-12-2-13-35-65)80(77(109-92)61-100-54-64-32-10-1-11-33-64)113-93-87(105-59-69-42-20-6-21-43-69)84(102-56-66-36-14-3-15-37-66)81-78(110-93)63-108-91(112-81)71-46-24-8-25-47-71/h1-53,77-88,91-94H,54-63H2/t77-,78-,79-,80-,81-,82-,83+,84+,85+,86-,87-,88-,91-,92-,93-,94+/m1/s1. The van der Waals surface area contributed by atoms with E-state index in [0.717, 1.165) is 54.2 Å². The predicted molar refractivity (Wildman–Crippen MR) is 429 cm³/mol. The van der Waals surface area contributed by atoms with E-state index >= 15 is 4.79 Å². The molecule has 22 heteroatoms. The Labute approximate surface area is 677 Å². The fraction of sp³-hybridized carbons (Fsp3) is 0.277. The van der Waals surface area contributed by atoms with Crippen LogP contribution in [0.5, 0.6) is 0 Å². The molecule has 4 aliphatic rings. The Balaban J connectivity index is 0.815. The average Bonchev–Trinajstić information content (AvgIpc) is 0.788. The first-order valence-electron chi connectivity index (χ1n) is 39.0. The van der Waals surface area contributed by atoms with Gasteiger partial charge in [-0.15, -0.1) is 5.10 Å². The minimum Gasteiger partial charge on any atom is -0.459 e. The first-order chi connectivity index (χ1) is 57.3. The van der Waals surface area contributed by atoms with E-state index in [-0.39, 0.29) is 70.6 Å². The van der Waals surface area contributed by atoms with Crippen LogP contribution in [-0.4, -0.2) is 138 Å². The second kappa shape index (κ2) is 39.9. The normalized spacial score (nSPS) is 24.6. The van der Waals surface area contributed by atoms with Crippen LogP contribution >= 0.6 is 11.8 Å². The molecule has 0 N–H and O–H groups in total. The zero-order chi connectivity index (χ0) is 78.5. The number of ether oxygens (including phenoxy) is 15. The van der Waals surface area contributed by atoms with Crippen molar-refractivity contribution in [3.05, 3.63) is 377 Å². The highest BCUT2D eigenvalue weighted by Crippen LogP contribution is 2.44. The van der Waals surface area contributed by atoms with E-state index in [2.05, 4.69) is 10.3 Å². The summed E-state index contributed by atoms with van der Waals surface area (Å²) in [5.41, 5.74) is 6.79. The molecule has 16 rings (SSSR count). The van der Waals surface area contributed by atoms with Crippen molar-refractivity contribution in [1.29, 1.82) is 0 Å². The van der Waals surface area contributed by atoms with Gasteiger partial charge in [-0.3, -0.25) is 0 Å². The highest BCUT2D eigenvalue weighted by atomic mass is 32.2. The summed E-state index contributed by atoms with van der Waals surface area (Å²) in [7, 11) is 0. The van der Waals surface area contributed by atoms with E-state index in [1.54, 1.807) is 36.4 Å². The summed E-state index contributed by atoms with van der Waals surface area (Å²) >= 11 is 1.42. The van der Waals surface area contributed by atoms with Crippen LogP contribution in [0.3, 0.4) is 0 Å². The number of benzene rings is 11. The number of carbonyl (C=O) groups excluding carboxylic acids is 2. The maximum atomic E-state index is 15.2. The minimum absolute atomic E-state index is 0.0185. The molecule has 0 spiro atoms. The van der Waals surface area contributed by atoms with E-state index in [0.29, 0.717) is 11.0 Å². The van der Waals surface area contributed by atoms with Crippen LogP contribution < -0.4 is 4.84 Å². The van der Waals surface area contributed by atoms with Crippen molar-refractivity contribution in [2.45, 2.75) is 149 Å². The highest BCUT2D eigenvalue weighted by molar-refractivity contribution is 7.99. The quantitative estimate of drug-likeness (QED) is 0.0271. The molecule has 116 heavy (non-hydrogen) atoms. The van der Waals surface area contributed by atoms with Crippen LogP contribution in [0.15, 0.2) is 326 Å². The monoisotopic (exact) mass is 1580 g/mol. The summed E-state index contributed by atoms with van der Waals surface area (Å²) < 4.78 is 109. The Morgan fingerprint density at radius 2 is 0.767 bits per heavy atom. The average molecular weight is 1580 g/mol. The fourth-order valence-corrected chi connectivity index (χ4v) is 15.8. The van der Waals surface area contributed by atoms with Crippen LogP contribution in [0.4, 0.5) is 0 Å². The summed E-state index contributed by atoms with van der Waals surface area (Å²) in [5, 5.41) is 8.24. The third-order valence-corrected chi connectivity index (χ3v) is 21.6. The van der Waals surface area contributed by atoms with Crippen LogP contribution in [0, 0.1) is 0 Å². The molecule has 12 aromatic rings. The smallest absolute Gasteiger partial charge is 0.366 e. The Morgan fingerprint density at radius 3 is 1.28 bits per heavy atom. The Kier molecular flexibility index (Phi) is 27.3. The second-order valence-electron chi connectivity index (χ2n) is 28.5. The zero-order valence-corrected chi connectivity index (χ0v) is 64.3. The molecule has 0 bridgehead atoms. The Bertz CT molecular complexity index is 4990. The van der Waals surface area contributed by atoms with Gasteiger partial charge in [-0.25, -0.2) is 9.59 Å². The molecule has 21 nitrogen and oxygen atoms in total. The largest absolute Gasteiger partial charge is 0.459 e. The molecule has 11 aromatic carbocycles. The van der Waals surface area contributed by atoms with Crippen LogP contribution in [0.1, 0.15) is 71.5 Å². The van der Waals surface area contributed by atoms with E-state index < -0.39 is 116 Å². The van der Waals surface area contributed by atoms with E-state index in [9.17, 15) is 4.79 Å². The van der Waals surface area contributed by atoms with Crippen molar-refractivity contribution in [1.82, 2.24) is 15.2 Å². The van der Waals surface area contributed by atoms with E-state index in [4.69, 9.17) is 75.9 Å². The number of thioether (sulfide) groups is 1. The molecule has 4 aliphatic heterocycles. The van der Waals surface area contributed by atoms with Crippen molar-refractivity contribution in [2.75, 3.05) is 19.8 Å². The lowest BCUT2D eigenvalue weighted by Crippen LogP contribution is -2.68. The SMILES string of the molecule is O=C(OC[C@H]1O[C@@H](Sc2ccccc2)[C@H](OCc2ccccc2)[C@@H](OCc2ccccc2)[C@@H]1O[C@H]1O[C@H](COCc2ccccc2)[C@@H](O[C@H]2O[C@@H]3CO[C@@H](c4ccccc4)O[C@H]3[C@H](OCc3ccccc3)[C@H]2OCc2ccccc2)[C@H](OCc2ccccc2)[C@H]1OCc1ccccc1)c1ccccc1C(=O)On1nnc2ccccc21. The van der Waals surface area contributed by atoms with Crippen LogP contribution in [0.25, 0.3) is 11.0 Å². The summed E-state index contributed by atoms with van der Waals surface area (Å²) in [6, 6.07) is 102. The third kappa shape index (κ3) is 20.5. The molecule has 0 amide bonds. The highest BCUT2D eigenvalue weighted by Gasteiger charge is 2.58. The lowest BCUT2D eigenvalue weighted by atomic mass is 9.94. The summed E-state index contributed by atoms with van der Waals surface area (Å²) in [5.74, 6) is -1.76. The number of nitrogens with zero attached hydrogens (tertiary/aromatic N) is 3. The molecule has 1 aromatic heterocycles. The van der Waals surface area contributed by atoms with Gasteiger partial charge in [0.25, 0.3) is 0 Å². The predicted octanol–water partition coefficient (Wildman–Crippen LogP) is 15.4. The van der Waals surface area contributed by atoms with E-state index in [1.807, 2.05) is 273 Å². The first kappa shape index (κ1) is 79.4. The lowest BCUT2D eigenvalue weighted by molar-refractivity contribution is -0.402. The van der Waals surface area contributed by atoms with Gasteiger partial charge in [-0.1, -0.05) is 302 Å². The molecule has 0 aliphatic carbocycles. The molecule has 4 fully saturated rings. The van der Waals surface area contributed by atoms with Gasteiger partial charge < -0.3 is 75.9 Å². The van der Waals surface area contributed by atoms with Crippen LogP contribution in [-0.2, 0) is 117 Å². The summed E-state index contributed by atoms with van der Waals surface area (Å²) in [6.45, 7) is 0.218.